The molecule has 0 heterocycles. The summed E-state index contributed by atoms with van der Waals surface area (Å²) in [6, 6.07) is 11.4. The van der Waals surface area contributed by atoms with Gasteiger partial charge < -0.3 is 5.11 Å². The van der Waals surface area contributed by atoms with E-state index in [9.17, 15) is 9.18 Å². The van der Waals surface area contributed by atoms with Crippen LogP contribution >= 0.6 is 23.5 Å². The van der Waals surface area contributed by atoms with E-state index in [2.05, 4.69) is 0 Å². The Morgan fingerprint density at radius 1 is 1.11 bits per heavy atom. The van der Waals surface area contributed by atoms with E-state index in [1.807, 2.05) is 30.5 Å². The van der Waals surface area contributed by atoms with Crippen LogP contribution in [0.1, 0.15) is 10.4 Å². The summed E-state index contributed by atoms with van der Waals surface area (Å²) in [5.74, 6) is -1.49. The third-order valence-corrected chi connectivity index (χ3v) is 4.27. The first kappa shape index (κ1) is 14.0. The molecule has 2 aromatic rings. The number of carboxylic acids is 1. The minimum Gasteiger partial charge on any atom is -0.478 e. The second kappa shape index (κ2) is 6.12. The van der Waals surface area contributed by atoms with Crippen molar-refractivity contribution in [2.24, 2.45) is 0 Å². The summed E-state index contributed by atoms with van der Waals surface area (Å²) < 4.78 is 13.2. The number of carbonyl (C=O) groups is 1. The molecule has 0 aliphatic rings. The van der Waals surface area contributed by atoms with Crippen molar-refractivity contribution in [1.29, 1.82) is 0 Å². The number of hydrogen-bond donors (Lipinski definition) is 1. The fraction of sp³-hybridized carbons (Fsp3) is 0.0714. The molecule has 2 rings (SSSR count). The molecule has 0 atom stereocenters. The van der Waals surface area contributed by atoms with Gasteiger partial charge in [0.25, 0.3) is 0 Å². The maximum Gasteiger partial charge on any atom is 0.336 e. The Bertz CT molecular complexity index is 597. The minimum absolute atomic E-state index is 0.111. The van der Waals surface area contributed by atoms with Crippen molar-refractivity contribution < 1.29 is 14.3 Å². The van der Waals surface area contributed by atoms with Gasteiger partial charge in [-0.25, -0.2) is 9.18 Å². The molecule has 0 amide bonds. The Morgan fingerprint density at radius 2 is 1.74 bits per heavy atom. The van der Waals surface area contributed by atoms with Gasteiger partial charge in [0, 0.05) is 14.7 Å². The third-order valence-electron chi connectivity index (χ3n) is 2.46. The molecule has 5 heteroatoms. The van der Waals surface area contributed by atoms with Gasteiger partial charge in [-0.1, -0.05) is 11.8 Å². The second-order valence-electron chi connectivity index (χ2n) is 3.72. The summed E-state index contributed by atoms with van der Waals surface area (Å²) in [6.07, 6.45) is 1.98. The van der Waals surface area contributed by atoms with Crippen molar-refractivity contribution in [2.75, 3.05) is 6.26 Å². The molecule has 0 spiro atoms. The van der Waals surface area contributed by atoms with Crippen LogP contribution in [-0.2, 0) is 0 Å². The highest BCUT2D eigenvalue weighted by atomic mass is 32.2. The molecule has 2 nitrogen and oxygen atoms in total. The summed E-state index contributed by atoms with van der Waals surface area (Å²) in [4.78, 5) is 13.5. The maximum atomic E-state index is 13.2. The number of hydrogen-bond acceptors (Lipinski definition) is 3. The zero-order chi connectivity index (χ0) is 13.8. The summed E-state index contributed by atoms with van der Waals surface area (Å²) in [6.45, 7) is 0. The average Bonchev–Trinajstić information content (AvgIpc) is 2.39. The van der Waals surface area contributed by atoms with Crippen LogP contribution in [-0.4, -0.2) is 17.3 Å². The predicted octanol–water partition coefficient (Wildman–Crippen LogP) is 4.40. The van der Waals surface area contributed by atoms with E-state index in [0.717, 1.165) is 15.9 Å². The van der Waals surface area contributed by atoms with E-state index < -0.39 is 11.8 Å². The topological polar surface area (TPSA) is 37.3 Å². The van der Waals surface area contributed by atoms with Crippen LogP contribution in [0.4, 0.5) is 4.39 Å². The molecule has 0 unspecified atom stereocenters. The molecular weight excluding hydrogens is 283 g/mol. The first-order valence-corrected chi connectivity index (χ1v) is 7.49. The lowest BCUT2D eigenvalue weighted by Gasteiger charge is -2.06. The van der Waals surface area contributed by atoms with E-state index in [1.54, 1.807) is 11.8 Å². The highest BCUT2D eigenvalue weighted by Crippen LogP contribution is 2.32. The normalized spacial score (nSPS) is 10.4. The molecule has 0 saturated carbocycles. The lowest BCUT2D eigenvalue weighted by Crippen LogP contribution is -1.99. The minimum atomic E-state index is -1.05. The van der Waals surface area contributed by atoms with Gasteiger partial charge in [0.15, 0.2) is 0 Å². The Hall–Kier alpha value is -1.46. The lowest BCUT2D eigenvalue weighted by atomic mass is 10.2. The van der Waals surface area contributed by atoms with E-state index >= 15 is 0 Å². The molecule has 0 saturated heterocycles. The largest absolute Gasteiger partial charge is 0.478 e. The Balaban J connectivity index is 2.31. The van der Waals surface area contributed by atoms with Gasteiger partial charge in [-0.15, -0.1) is 11.8 Å². The maximum absolute atomic E-state index is 13.2. The van der Waals surface area contributed by atoms with Gasteiger partial charge in [0.2, 0.25) is 0 Å². The second-order valence-corrected chi connectivity index (χ2v) is 5.72. The van der Waals surface area contributed by atoms with Crippen molar-refractivity contribution in [1.82, 2.24) is 0 Å². The van der Waals surface area contributed by atoms with Crippen molar-refractivity contribution in [3.8, 4) is 0 Å². The summed E-state index contributed by atoms with van der Waals surface area (Å²) in [5.41, 5.74) is 0.111. The van der Waals surface area contributed by atoms with Crippen LogP contribution in [0.15, 0.2) is 57.2 Å². The molecule has 0 bridgehead atoms. The standard InChI is InChI=1S/C14H11FO2S2/c1-18-10-3-5-11(6-4-10)19-13-8-9(15)2-7-12(13)14(16)17/h2-8H,1H3,(H,16,17). The van der Waals surface area contributed by atoms with Gasteiger partial charge in [0.1, 0.15) is 5.82 Å². The molecule has 98 valence electrons. The van der Waals surface area contributed by atoms with Gasteiger partial charge in [-0.3, -0.25) is 0 Å². The Kier molecular flexibility index (Phi) is 4.50. The van der Waals surface area contributed by atoms with Gasteiger partial charge >= 0.3 is 5.97 Å². The summed E-state index contributed by atoms with van der Waals surface area (Å²) >= 11 is 2.88. The molecular formula is C14H11FO2S2. The number of aromatic carboxylic acids is 1. The molecule has 2 aromatic carbocycles. The zero-order valence-electron chi connectivity index (χ0n) is 10.1. The lowest BCUT2D eigenvalue weighted by molar-refractivity contribution is 0.0693. The first-order valence-electron chi connectivity index (χ1n) is 5.45. The SMILES string of the molecule is CSc1ccc(Sc2cc(F)ccc2C(=O)O)cc1. The van der Waals surface area contributed by atoms with Crippen LogP contribution in [0.5, 0.6) is 0 Å². The van der Waals surface area contributed by atoms with Crippen molar-refractivity contribution in [2.45, 2.75) is 14.7 Å². The van der Waals surface area contributed by atoms with Gasteiger partial charge in [-0.2, -0.15) is 0 Å². The van der Waals surface area contributed by atoms with Crippen LogP contribution in [0.2, 0.25) is 0 Å². The van der Waals surface area contributed by atoms with E-state index in [0.29, 0.717) is 4.90 Å². The number of thioether (sulfide) groups is 1. The zero-order valence-corrected chi connectivity index (χ0v) is 11.7. The number of halogens is 1. The van der Waals surface area contributed by atoms with Crippen molar-refractivity contribution in [3.63, 3.8) is 0 Å². The summed E-state index contributed by atoms with van der Waals surface area (Å²) in [5, 5.41) is 9.08. The van der Waals surface area contributed by atoms with Gasteiger partial charge in [0.05, 0.1) is 5.56 Å². The molecule has 0 aliphatic carbocycles. The number of carboxylic acid groups (broad SMARTS) is 1. The average molecular weight is 294 g/mol. The van der Waals surface area contributed by atoms with Crippen molar-refractivity contribution >= 4 is 29.5 Å². The smallest absolute Gasteiger partial charge is 0.336 e. The van der Waals surface area contributed by atoms with Gasteiger partial charge in [-0.05, 0) is 48.7 Å². The Morgan fingerprint density at radius 3 is 2.32 bits per heavy atom. The molecule has 0 radical (unpaired) electrons. The quantitative estimate of drug-likeness (QED) is 0.848. The molecule has 19 heavy (non-hydrogen) atoms. The van der Waals surface area contributed by atoms with Crippen LogP contribution in [0.25, 0.3) is 0 Å². The highest BCUT2D eigenvalue weighted by Gasteiger charge is 2.12. The third kappa shape index (κ3) is 3.52. The van der Waals surface area contributed by atoms with E-state index in [-0.39, 0.29) is 5.56 Å². The monoisotopic (exact) mass is 294 g/mol. The highest BCUT2D eigenvalue weighted by molar-refractivity contribution is 7.99. The Labute approximate surface area is 119 Å². The van der Waals surface area contributed by atoms with Crippen LogP contribution in [0, 0.1) is 5.82 Å². The number of rotatable bonds is 4. The molecule has 0 fully saturated rings. The van der Waals surface area contributed by atoms with Crippen LogP contribution < -0.4 is 0 Å². The fourth-order valence-electron chi connectivity index (χ4n) is 1.53. The van der Waals surface area contributed by atoms with E-state index in [4.69, 9.17) is 5.11 Å². The number of benzene rings is 2. The van der Waals surface area contributed by atoms with Crippen molar-refractivity contribution in [3.05, 3.63) is 53.8 Å². The van der Waals surface area contributed by atoms with E-state index in [1.165, 1.54) is 23.9 Å². The molecule has 0 aromatic heterocycles. The van der Waals surface area contributed by atoms with Crippen LogP contribution in [0.3, 0.4) is 0 Å². The molecule has 1 N–H and O–H groups in total. The molecule has 0 aliphatic heterocycles. The first-order chi connectivity index (χ1) is 9.10. The summed E-state index contributed by atoms with van der Waals surface area (Å²) in [7, 11) is 0. The fourth-order valence-corrected chi connectivity index (χ4v) is 2.90. The predicted molar refractivity (Wildman–Crippen MR) is 75.7 cm³/mol.